The molecule has 31 heavy (non-hydrogen) atoms. The zero-order chi connectivity index (χ0) is 22.1. The van der Waals surface area contributed by atoms with Gasteiger partial charge in [-0.3, -0.25) is 9.69 Å². The molecule has 0 aliphatic carbocycles. The molecule has 0 aromatic heterocycles. The number of amides is 1. The Bertz CT molecular complexity index is 784. The lowest BCUT2D eigenvalue weighted by Crippen LogP contribution is -2.44. The quantitative estimate of drug-likeness (QED) is 0.581. The summed E-state index contributed by atoms with van der Waals surface area (Å²) < 4.78 is 5.53. The van der Waals surface area contributed by atoms with E-state index < -0.39 is 0 Å². The van der Waals surface area contributed by atoms with Crippen LogP contribution in [0.25, 0.3) is 0 Å². The third-order valence-electron chi connectivity index (χ3n) is 5.92. The van der Waals surface area contributed by atoms with Crippen LogP contribution in [-0.2, 0) is 17.9 Å². The zero-order valence-corrected chi connectivity index (χ0v) is 19.3. The second kappa shape index (κ2) is 11.9. The predicted molar refractivity (Wildman–Crippen MR) is 126 cm³/mol. The lowest BCUT2D eigenvalue weighted by Gasteiger charge is -2.34. The monoisotopic (exact) mass is 423 g/mol. The molecule has 0 radical (unpaired) electrons. The van der Waals surface area contributed by atoms with Crippen LogP contribution in [0.5, 0.6) is 5.75 Å². The molecule has 5 heteroatoms. The van der Waals surface area contributed by atoms with Gasteiger partial charge in [0, 0.05) is 32.1 Å². The van der Waals surface area contributed by atoms with Gasteiger partial charge in [0.25, 0.3) is 0 Å². The highest BCUT2D eigenvalue weighted by molar-refractivity contribution is 5.79. The highest BCUT2D eigenvalue weighted by Crippen LogP contribution is 2.23. The first-order valence-corrected chi connectivity index (χ1v) is 11.5. The average molecular weight is 424 g/mol. The molecule has 2 aromatic rings. The molecule has 1 aliphatic heterocycles. The molecule has 1 aliphatic rings. The van der Waals surface area contributed by atoms with Crippen LogP contribution in [-0.4, -0.2) is 67.5 Å². The molecule has 0 bridgehead atoms. The van der Waals surface area contributed by atoms with Crippen LogP contribution in [0, 0.1) is 5.92 Å². The predicted octanol–water partition coefficient (Wildman–Crippen LogP) is 3.89. The van der Waals surface area contributed by atoms with Crippen molar-refractivity contribution in [2.75, 3.05) is 46.9 Å². The molecule has 168 valence electrons. The first-order valence-electron chi connectivity index (χ1n) is 11.5. The van der Waals surface area contributed by atoms with E-state index >= 15 is 0 Å². The van der Waals surface area contributed by atoms with Gasteiger partial charge in [-0.05, 0) is 70.2 Å². The Balaban J connectivity index is 1.53. The molecule has 0 atom stereocenters. The Morgan fingerprint density at radius 1 is 0.968 bits per heavy atom. The maximum atomic E-state index is 13.4. The fraction of sp³-hybridized carbons (Fsp3) is 0.500. The largest absolute Gasteiger partial charge is 0.494 e. The van der Waals surface area contributed by atoms with Gasteiger partial charge in [-0.2, -0.15) is 0 Å². The van der Waals surface area contributed by atoms with Crippen molar-refractivity contribution >= 4 is 5.91 Å². The Morgan fingerprint density at radius 3 is 2.26 bits per heavy atom. The molecular weight excluding hydrogens is 386 g/mol. The standard InChI is InChI=1S/C26H37N3O2/c1-4-31-25-12-10-23(11-13-25)20-28-16-14-24(15-17-28)26(30)29(19-18-27(2)3)21-22-8-6-5-7-9-22/h5-13,24H,4,14-21H2,1-3H3. The maximum Gasteiger partial charge on any atom is 0.226 e. The number of piperidine rings is 1. The lowest BCUT2D eigenvalue weighted by molar-refractivity contribution is -0.138. The summed E-state index contributed by atoms with van der Waals surface area (Å²) in [6.45, 7) is 7.91. The molecule has 2 aromatic carbocycles. The van der Waals surface area contributed by atoms with Crippen LogP contribution in [0.15, 0.2) is 54.6 Å². The van der Waals surface area contributed by atoms with Gasteiger partial charge in [0.15, 0.2) is 0 Å². The van der Waals surface area contributed by atoms with Crippen LogP contribution in [0.4, 0.5) is 0 Å². The minimum absolute atomic E-state index is 0.127. The summed E-state index contributed by atoms with van der Waals surface area (Å²) >= 11 is 0. The number of benzene rings is 2. The van der Waals surface area contributed by atoms with E-state index in [1.165, 1.54) is 11.1 Å². The molecule has 0 N–H and O–H groups in total. The number of carbonyl (C=O) groups excluding carboxylic acids is 1. The molecule has 1 fully saturated rings. The molecule has 0 unspecified atom stereocenters. The number of rotatable bonds is 10. The normalized spacial score (nSPS) is 15.2. The van der Waals surface area contributed by atoms with Crippen LogP contribution < -0.4 is 4.74 Å². The molecule has 1 heterocycles. The minimum Gasteiger partial charge on any atom is -0.494 e. The van der Waals surface area contributed by atoms with Gasteiger partial charge >= 0.3 is 0 Å². The molecule has 0 spiro atoms. The van der Waals surface area contributed by atoms with Crippen LogP contribution in [0.2, 0.25) is 0 Å². The lowest BCUT2D eigenvalue weighted by atomic mass is 9.94. The van der Waals surface area contributed by atoms with E-state index in [4.69, 9.17) is 4.74 Å². The summed E-state index contributed by atoms with van der Waals surface area (Å²) in [6, 6.07) is 18.7. The van der Waals surface area contributed by atoms with Gasteiger partial charge in [0.1, 0.15) is 5.75 Å². The van der Waals surface area contributed by atoms with E-state index in [1.54, 1.807) is 0 Å². The summed E-state index contributed by atoms with van der Waals surface area (Å²) in [7, 11) is 4.12. The van der Waals surface area contributed by atoms with Crippen molar-refractivity contribution in [2.45, 2.75) is 32.9 Å². The number of ether oxygens (including phenoxy) is 1. The van der Waals surface area contributed by atoms with Gasteiger partial charge in [0.2, 0.25) is 5.91 Å². The van der Waals surface area contributed by atoms with Crippen molar-refractivity contribution in [1.82, 2.24) is 14.7 Å². The number of likely N-dealkylation sites (N-methyl/N-ethyl adjacent to an activating group) is 1. The summed E-state index contributed by atoms with van der Waals surface area (Å²) in [4.78, 5) is 20.0. The van der Waals surface area contributed by atoms with Gasteiger partial charge < -0.3 is 14.5 Å². The Kier molecular flexibility index (Phi) is 8.92. The van der Waals surface area contributed by atoms with Gasteiger partial charge in [-0.15, -0.1) is 0 Å². The molecule has 5 nitrogen and oxygen atoms in total. The third kappa shape index (κ3) is 7.37. The number of carbonyl (C=O) groups is 1. The third-order valence-corrected chi connectivity index (χ3v) is 5.92. The van der Waals surface area contributed by atoms with Gasteiger partial charge in [0.05, 0.1) is 6.61 Å². The Hall–Kier alpha value is -2.37. The second-order valence-electron chi connectivity index (χ2n) is 8.68. The molecule has 1 amide bonds. The van der Waals surface area contributed by atoms with Crippen molar-refractivity contribution in [3.05, 3.63) is 65.7 Å². The molecule has 3 rings (SSSR count). The minimum atomic E-state index is 0.127. The smallest absolute Gasteiger partial charge is 0.226 e. The van der Waals surface area contributed by atoms with E-state index in [1.807, 2.05) is 37.3 Å². The molecule has 1 saturated heterocycles. The number of hydrogen-bond donors (Lipinski definition) is 0. The van der Waals surface area contributed by atoms with E-state index in [0.29, 0.717) is 19.1 Å². The fourth-order valence-electron chi connectivity index (χ4n) is 4.10. The Morgan fingerprint density at radius 2 is 1.65 bits per heavy atom. The van der Waals surface area contributed by atoms with Crippen LogP contribution in [0.3, 0.4) is 0 Å². The van der Waals surface area contributed by atoms with Crippen molar-refractivity contribution in [2.24, 2.45) is 5.92 Å². The fourth-order valence-corrected chi connectivity index (χ4v) is 4.10. The average Bonchev–Trinajstić information content (AvgIpc) is 2.79. The zero-order valence-electron chi connectivity index (χ0n) is 19.3. The summed E-state index contributed by atoms with van der Waals surface area (Å²) in [5.74, 6) is 1.36. The van der Waals surface area contributed by atoms with Crippen molar-refractivity contribution < 1.29 is 9.53 Å². The van der Waals surface area contributed by atoms with Crippen LogP contribution in [0.1, 0.15) is 30.9 Å². The SMILES string of the molecule is CCOc1ccc(CN2CCC(C(=O)N(CCN(C)C)Cc3ccccc3)CC2)cc1. The highest BCUT2D eigenvalue weighted by Gasteiger charge is 2.28. The van der Waals surface area contributed by atoms with E-state index in [9.17, 15) is 4.79 Å². The van der Waals surface area contributed by atoms with Crippen LogP contribution >= 0.6 is 0 Å². The number of likely N-dealkylation sites (tertiary alicyclic amines) is 1. The Labute approximate surface area is 187 Å². The highest BCUT2D eigenvalue weighted by atomic mass is 16.5. The van der Waals surface area contributed by atoms with E-state index in [2.05, 4.69) is 53.1 Å². The maximum absolute atomic E-state index is 13.4. The second-order valence-corrected chi connectivity index (χ2v) is 8.68. The van der Waals surface area contributed by atoms with E-state index in [-0.39, 0.29) is 5.92 Å². The summed E-state index contributed by atoms with van der Waals surface area (Å²) in [5, 5.41) is 0. The first kappa shape index (κ1) is 23.3. The van der Waals surface area contributed by atoms with Gasteiger partial charge in [-0.1, -0.05) is 42.5 Å². The molecular formula is C26H37N3O2. The first-order chi connectivity index (χ1) is 15.0. The number of nitrogens with zero attached hydrogens (tertiary/aromatic N) is 3. The van der Waals surface area contributed by atoms with Crippen molar-refractivity contribution in [3.63, 3.8) is 0 Å². The summed E-state index contributed by atoms with van der Waals surface area (Å²) in [6.07, 6.45) is 1.87. The summed E-state index contributed by atoms with van der Waals surface area (Å²) in [5.41, 5.74) is 2.49. The van der Waals surface area contributed by atoms with Gasteiger partial charge in [-0.25, -0.2) is 0 Å². The molecule has 0 saturated carbocycles. The van der Waals surface area contributed by atoms with Crippen molar-refractivity contribution in [3.8, 4) is 5.75 Å². The van der Waals surface area contributed by atoms with E-state index in [0.717, 1.165) is 51.3 Å². The number of hydrogen-bond acceptors (Lipinski definition) is 4. The van der Waals surface area contributed by atoms with Crippen molar-refractivity contribution in [1.29, 1.82) is 0 Å². The topological polar surface area (TPSA) is 36.0 Å².